The van der Waals surface area contributed by atoms with E-state index in [4.69, 9.17) is 5.26 Å². The van der Waals surface area contributed by atoms with Crippen LogP contribution in [0, 0.1) is 11.3 Å². The largest absolute Gasteiger partial charge is 0.357 e. The Balaban J connectivity index is 2.96. The molecule has 2 heterocycles. The predicted molar refractivity (Wildman–Crippen MR) is 52.6 cm³/mol. The minimum absolute atomic E-state index is 0.0445. The van der Waals surface area contributed by atoms with Crippen molar-refractivity contribution in [2.75, 3.05) is 0 Å². The molecule has 14 heavy (non-hydrogen) atoms. The summed E-state index contributed by atoms with van der Waals surface area (Å²) < 4.78 is 0.325. The number of pyridine rings is 1. The van der Waals surface area contributed by atoms with Gasteiger partial charge in [-0.05, 0) is 15.9 Å². The van der Waals surface area contributed by atoms with Gasteiger partial charge in [-0.15, -0.1) is 0 Å². The molecule has 68 valence electrons. The van der Waals surface area contributed by atoms with E-state index in [-0.39, 0.29) is 16.5 Å². The van der Waals surface area contributed by atoms with Crippen molar-refractivity contribution in [3.05, 3.63) is 32.9 Å². The van der Waals surface area contributed by atoms with Gasteiger partial charge >= 0.3 is 0 Å². The second-order valence-corrected chi connectivity index (χ2v) is 3.25. The number of hydrogen-bond donors (Lipinski definition) is 1. The minimum atomic E-state index is -0.385. The van der Waals surface area contributed by atoms with E-state index in [1.54, 1.807) is 6.07 Å². The van der Waals surface area contributed by atoms with E-state index in [0.717, 1.165) is 0 Å². The standard InChI is InChI=1S/C8H3BrN4O/c9-8-12-3-5-6(13-8)7(14)4(1-10)2-11-5/h2-3H,(H,11,14). The zero-order valence-electron chi connectivity index (χ0n) is 6.78. The van der Waals surface area contributed by atoms with Crippen LogP contribution in [0.1, 0.15) is 5.56 Å². The molecule has 0 unspecified atom stereocenters. The molecule has 1 N–H and O–H groups in total. The SMILES string of the molecule is N#Cc1c[nH]c2cnc(Br)nc2c1=O. The van der Waals surface area contributed by atoms with Gasteiger partial charge in [0.2, 0.25) is 5.43 Å². The fourth-order valence-corrected chi connectivity index (χ4v) is 1.34. The Kier molecular flexibility index (Phi) is 2.02. The van der Waals surface area contributed by atoms with Crippen molar-refractivity contribution in [2.45, 2.75) is 0 Å². The monoisotopic (exact) mass is 250 g/mol. The average Bonchev–Trinajstić information content (AvgIpc) is 2.20. The Morgan fingerprint density at radius 2 is 2.36 bits per heavy atom. The van der Waals surface area contributed by atoms with Crippen LogP contribution in [0.5, 0.6) is 0 Å². The summed E-state index contributed by atoms with van der Waals surface area (Å²) in [5, 5.41) is 8.62. The van der Waals surface area contributed by atoms with E-state index >= 15 is 0 Å². The third-order valence-electron chi connectivity index (χ3n) is 1.71. The van der Waals surface area contributed by atoms with E-state index in [9.17, 15) is 4.79 Å². The summed E-state index contributed by atoms with van der Waals surface area (Å²) in [5.41, 5.74) is 0.385. The molecule has 0 bridgehead atoms. The first-order valence-electron chi connectivity index (χ1n) is 3.66. The quantitative estimate of drug-likeness (QED) is 0.706. The Hall–Kier alpha value is -1.74. The topological polar surface area (TPSA) is 82.4 Å². The van der Waals surface area contributed by atoms with Crippen LogP contribution in [0.15, 0.2) is 21.9 Å². The van der Waals surface area contributed by atoms with Crippen molar-refractivity contribution in [1.82, 2.24) is 15.0 Å². The Bertz CT molecular complexity index is 598. The molecule has 0 fully saturated rings. The Morgan fingerprint density at radius 3 is 3.07 bits per heavy atom. The molecule has 0 spiro atoms. The molecular formula is C8H3BrN4O. The fraction of sp³-hybridized carbons (Fsp3) is 0. The van der Waals surface area contributed by atoms with Gasteiger partial charge in [0.05, 0.1) is 11.7 Å². The molecule has 0 aliphatic carbocycles. The highest BCUT2D eigenvalue weighted by atomic mass is 79.9. The summed E-state index contributed by atoms with van der Waals surface area (Å²) in [4.78, 5) is 22.1. The third-order valence-corrected chi connectivity index (χ3v) is 2.09. The summed E-state index contributed by atoms with van der Waals surface area (Å²) in [6.07, 6.45) is 2.83. The number of halogens is 1. The average molecular weight is 251 g/mol. The van der Waals surface area contributed by atoms with Gasteiger partial charge in [-0.25, -0.2) is 9.97 Å². The number of nitrogens with zero attached hydrogens (tertiary/aromatic N) is 3. The van der Waals surface area contributed by atoms with Gasteiger partial charge in [-0.3, -0.25) is 4.79 Å². The lowest BCUT2D eigenvalue weighted by Crippen LogP contribution is -2.09. The molecule has 0 atom stereocenters. The second-order valence-electron chi connectivity index (χ2n) is 2.54. The van der Waals surface area contributed by atoms with Crippen LogP contribution >= 0.6 is 15.9 Å². The predicted octanol–water partition coefficient (Wildman–Crippen LogP) is 0.952. The zero-order valence-corrected chi connectivity index (χ0v) is 8.37. The van der Waals surface area contributed by atoms with Crippen LogP contribution in [0.25, 0.3) is 11.0 Å². The van der Waals surface area contributed by atoms with E-state index < -0.39 is 0 Å². The number of H-pyrrole nitrogens is 1. The second kappa shape index (κ2) is 3.20. The van der Waals surface area contributed by atoms with Crippen LogP contribution in [0.4, 0.5) is 0 Å². The summed E-state index contributed by atoms with van der Waals surface area (Å²) >= 11 is 3.06. The first-order valence-corrected chi connectivity index (χ1v) is 4.45. The van der Waals surface area contributed by atoms with Crippen molar-refractivity contribution < 1.29 is 0 Å². The summed E-state index contributed by atoms with van der Waals surface area (Å²) in [6.45, 7) is 0. The van der Waals surface area contributed by atoms with Crippen LogP contribution in [-0.2, 0) is 0 Å². The molecule has 0 aromatic carbocycles. The Labute approximate surface area is 86.6 Å². The molecule has 6 heteroatoms. The van der Waals surface area contributed by atoms with Gasteiger partial charge in [0.25, 0.3) is 0 Å². The highest BCUT2D eigenvalue weighted by Crippen LogP contribution is 2.07. The summed E-state index contributed by atoms with van der Waals surface area (Å²) in [7, 11) is 0. The zero-order chi connectivity index (χ0) is 10.1. The van der Waals surface area contributed by atoms with Gasteiger partial charge in [-0.1, -0.05) is 0 Å². The van der Waals surface area contributed by atoms with Gasteiger partial charge < -0.3 is 4.98 Å². The number of rotatable bonds is 0. The number of nitriles is 1. The van der Waals surface area contributed by atoms with Gasteiger partial charge in [0.15, 0.2) is 4.73 Å². The van der Waals surface area contributed by atoms with Crippen LogP contribution in [0.3, 0.4) is 0 Å². The maximum atomic E-state index is 11.6. The Morgan fingerprint density at radius 1 is 1.57 bits per heavy atom. The van der Waals surface area contributed by atoms with Gasteiger partial charge in [0.1, 0.15) is 17.1 Å². The summed E-state index contributed by atoms with van der Waals surface area (Å²) in [6, 6.07) is 1.79. The van der Waals surface area contributed by atoms with Crippen LogP contribution in [-0.4, -0.2) is 15.0 Å². The fourth-order valence-electron chi connectivity index (χ4n) is 1.07. The van der Waals surface area contributed by atoms with Crippen LogP contribution in [0.2, 0.25) is 0 Å². The molecule has 0 aliphatic rings. The molecule has 0 amide bonds. The van der Waals surface area contributed by atoms with E-state index in [2.05, 4.69) is 30.9 Å². The van der Waals surface area contributed by atoms with Crippen LogP contribution < -0.4 is 5.43 Å². The maximum absolute atomic E-state index is 11.6. The number of aromatic amines is 1. The normalized spacial score (nSPS) is 10.0. The summed E-state index contributed by atoms with van der Waals surface area (Å²) in [5.74, 6) is 0. The van der Waals surface area contributed by atoms with Crippen molar-refractivity contribution in [2.24, 2.45) is 0 Å². The lowest BCUT2D eigenvalue weighted by atomic mass is 10.2. The highest BCUT2D eigenvalue weighted by Gasteiger charge is 2.06. The first kappa shape index (κ1) is 8.84. The molecule has 0 aliphatic heterocycles. The molecule has 2 aromatic rings. The molecule has 0 saturated heterocycles. The number of nitrogens with one attached hydrogen (secondary N) is 1. The highest BCUT2D eigenvalue weighted by molar-refractivity contribution is 9.10. The molecule has 5 nitrogen and oxygen atoms in total. The van der Waals surface area contributed by atoms with Crippen molar-refractivity contribution in [3.8, 4) is 6.07 Å². The van der Waals surface area contributed by atoms with Crippen molar-refractivity contribution in [1.29, 1.82) is 5.26 Å². The van der Waals surface area contributed by atoms with E-state index in [1.165, 1.54) is 12.4 Å². The molecule has 2 rings (SSSR count). The van der Waals surface area contributed by atoms with Gasteiger partial charge in [0, 0.05) is 6.20 Å². The lowest BCUT2D eigenvalue weighted by molar-refractivity contribution is 1.13. The van der Waals surface area contributed by atoms with E-state index in [1.807, 2.05) is 0 Å². The van der Waals surface area contributed by atoms with Gasteiger partial charge in [-0.2, -0.15) is 5.26 Å². The smallest absolute Gasteiger partial charge is 0.225 e. The van der Waals surface area contributed by atoms with Crippen molar-refractivity contribution in [3.63, 3.8) is 0 Å². The molecule has 2 aromatic heterocycles. The van der Waals surface area contributed by atoms with E-state index in [0.29, 0.717) is 10.3 Å². The lowest BCUT2D eigenvalue weighted by Gasteiger charge is -1.96. The number of hydrogen-bond acceptors (Lipinski definition) is 4. The molecule has 0 saturated carbocycles. The number of aromatic nitrogens is 3. The molecular weight excluding hydrogens is 248 g/mol. The third kappa shape index (κ3) is 1.28. The number of fused-ring (bicyclic) bond motifs is 1. The minimum Gasteiger partial charge on any atom is -0.357 e. The maximum Gasteiger partial charge on any atom is 0.225 e. The molecule has 0 radical (unpaired) electrons. The van der Waals surface area contributed by atoms with Crippen molar-refractivity contribution >= 4 is 27.0 Å². The first-order chi connectivity index (χ1) is 6.72.